The van der Waals surface area contributed by atoms with Gasteiger partial charge in [-0.25, -0.2) is 9.78 Å². The van der Waals surface area contributed by atoms with Crippen molar-refractivity contribution in [1.29, 1.82) is 0 Å². The van der Waals surface area contributed by atoms with E-state index in [4.69, 9.17) is 4.74 Å². The fraction of sp³-hybridized carbons (Fsp3) is 0.440. The van der Waals surface area contributed by atoms with E-state index in [1.54, 1.807) is 6.07 Å². The quantitative estimate of drug-likeness (QED) is 0.236. The Kier molecular flexibility index (Phi) is 10.1. The molecule has 1 unspecified atom stereocenters. The van der Waals surface area contributed by atoms with E-state index >= 15 is 0 Å². The van der Waals surface area contributed by atoms with Crippen LogP contribution in [-0.4, -0.2) is 11.0 Å². The van der Waals surface area contributed by atoms with E-state index in [2.05, 4.69) is 18.8 Å². The second-order valence-electron chi connectivity index (χ2n) is 7.36. The van der Waals surface area contributed by atoms with Crippen molar-refractivity contribution in [1.82, 2.24) is 4.98 Å². The van der Waals surface area contributed by atoms with Gasteiger partial charge in [0.2, 0.25) is 5.88 Å². The molecule has 3 nitrogen and oxygen atoms in total. The van der Waals surface area contributed by atoms with Gasteiger partial charge < -0.3 is 4.74 Å². The molecule has 0 saturated carbocycles. The Bertz CT molecular complexity index is 707. The molecule has 28 heavy (non-hydrogen) atoms. The Morgan fingerprint density at radius 3 is 2.39 bits per heavy atom. The number of rotatable bonds is 12. The average Bonchev–Trinajstić information content (AvgIpc) is 2.73. The van der Waals surface area contributed by atoms with E-state index in [0.717, 1.165) is 6.42 Å². The lowest BCUT2D eigenvalue weighted by atomic mass is 10.0. The molecule has 0 aliphatic carbocycles. The Balaban J connectivity index is 1.70. The molecule has 0 radical (unpaired) electrons. The van der Waals surface area contributed by atoms with Crippen molar-refractivity contribution in [3.63, 3.8) is 0 Å². The molecule has 2 aromatic rings. The number of aryl methyl sites for hydroxylation is 1. The molecule has 1 atom stereocenters. The van der Waals surface area contributed by atoms with Crippen LogP contribution in [0.1, 0.15) is 75.8 Å². The van der Waals surface area contributed by atoms with Crippen LogP contribution in [0.4, 0.5) is 0 Å². The summed E-state index contributed by atoms with van der Waals surface area (Å²) in [6.45, 7) is 4.30. The first-order valence-electron chi connectivity index (χ1n) is 10.6. The zero-order valence-corrected chi connectivity index (χ0v) is 17.3. The van der Waals surface area contributed by atoms with Crippen molar-refractivity contribution in [2.24, 2.45) is 0 Å². The maximum atomic E-state index is 12.0. The maximum absolute atomic E-state index is 12.0. The fourth-order valence-corrected chi connectivity index (χ4v) is 3.13. The molecule has 0 amide bonds. The van der Waals surface area contributed by atoms with Gasteiger partial charge in [-0.1, -0.05) is 94.8 Å². The lowest BCUT2D eigenvalue weighted by Gasteiger charge is -2.06. The van der Waals surface area contributed by atoms with Crippen LogP contribution in [0.2, 0.25) is 0 Å². The summed E-state index contributed by atoms with van der Waals surface area (Å²) in [5.74, 6) is 0.117. The highest BCUT2D eigenvalue weighted by Gasteiger charge is 2.05. The number of pyridine rings is 1. The molecule has 0 aliphatic rings. The second-order valence-corrected chi connectivity index (χ2v) is 7.36. The highest BCUT2D eigenvalue weighted by molar-refractivity contribution is 5.83. The molecule has 0 spiro atoms. The lowest BCUT2D eigenvalue weighted by Crippen LogP contribution is -2.06. The topological polar surface area (TPSA) is 39.2 Å². The summed E-state index contributed by atoms with van der Waals surface area (Å²) in [5.41, 5.74) is 2.36. The van der Waals surface area contributed by atoms with Crippen molar-refractivity contribution in [3.05, 3.63) is 71.9 Å². The minimum atomic E-state index is -0.393. The van der Waals surface area contributed by atoms with Crippen molar-refractivity contribution >= 4 is 5.97 Å². The molecule has 3 heteroatoms. The van der Waals surface area contributed by atoms with Crippen LogP contribution in [0.25, 0.3) is 0 Å². The van der Waals surface area contributed by atoms with Gasteiger partial charge in [-0.05, 0) is 29.9 Å². The highest BCUT2D eigenvalue weighted by Crippen LogP contribution is 2.16. The molecule has 0 fully saturated rings. The van der Waals surface area contributed by atoms with Crippen molar-refractivity contribution < 1.29 is 9.53 Å². The van der Waals surface area contributed by atoms with Gasteiger partial charge in [-0.3, -0.25) is 0 Å². The Morgan fingerprint density at radius 1 is 1.00 bits per heavy atom. The normalized spacial score (nSPS) is 12.2. The van der Waals surface area contributed by atoms with Gasteiger partial charge in [-0.2, -0.15) is 0 Å². The molecule has 0 N–H and O–H groups in total. The lowest BCUT2D eigenvalue weighted by molar-refractivity contribution is -0.129. The minimum absolute atomic E-state index is 0.158. The van der Waals surface area contributed by atoms with Crippen molar-refractivity contribution in [2.45, 2.75) is 71.1 Å². The number of hydrogen-bond acceptors (Lipinski definition) is 3. The third kappa shape index (κ3) is 8.51. The summed E-state index contributed by atoms with van der Waals surface area (Å²) < 4.78 is 5.30. The third-order valence-electron chi connectivity index (χ3n) is 4.92. The number of carbonyl (C=O) groups excluding carboxylic acids is 1. The number of aromatic nitrogens is 1. The maximum Gasteiger partial charge on any atom is 0.337 e. The van der Waals surface area contributed by atoms with Crippen molar-refractivity contribution in [2.75, 3.05) is 0 Å². The summed E-state index contributed by atoms with van der Waals surface area (Å²) in [4.78, 5) is 16.3. The van der Waals surface area contributed by atoms with E-state index in [1.165, 1.54) is 62.1 Å². The number of esters is 1. The molecule has 0 aliphatic heterocycles. The van der Waals surface area contributed by atoms with Crippen molar-refractivity contribution in [3.8, 4) is 5.88 Å². The van der Waals surface area contributed by atoms with E-state index in [0.29, 0.717) is 5.88 Å². The van der Waals surface area contributed by atoms with Gasteiger partial charge in [0.1, 0.15) is 0 Å². The molecule has 0 bridgehead atoms. The minimum Gasteiger partial charge on any atom is -0.404 e. The largest absolute Gasteiger partial charge is 0.404 e. The third-order valence-corrected chi connectivity index (χ3v) is 4.92. The van der Waals surface area contributed by atoms with Crippen LogP contribution in [0.15, 0.2) is 60.8 Å². The second kappa shape index (κ2) is 12.9. The molecule has 1 aromatic heterocycles. The smallest absolute Gasteiger partial charge is 0.337 e. The first-order chi connectivity index (χ1) is 13.7. The molecule has 1 aromatic carbocycles. The first kappa shape index (κ1) is 21.9. The molecule has 150 valence electrons. The number of hydrogen-bond donors (Lipinski definition) is 0. The molecule has 2 rings (SSSR count). The predicted octanol–water partition coefficient (Wildman–Crippen LogP) is 6.64. The molecular formula is C25H33NO2. The monoisotopic (exact) mass is 379 g/mol. The Hall–Kier alpha value is -2.42. The van der Waals surface area contributed by atoms with Gasteiger partial charge in [0.25, 0.3) is 0 Å². The van der Waals surface area contributed by atoms with Crippen LogP contribution in [0.3, 0.4) is 0 Å². The first-order valence-corrected chi connectivity index (χ1v) is 10.6. The van der Waals surface area contributed by atoms with Crippen LogP contribution >= 0.6 is 0 Å². The summed E-state index contributed by atoms with van der Waals surface area (Å²) in [6.07, 6.45) is 15.3. The standard InChI is InChI=1S/C25H33NO2/c1-3-4-5-6-7-8-10-13-22-17-18-24(26-20-22)28-25(27)19-16-21(2)23-14-11-9-12-15-23/h9,11-12,14-21H,3-8,10,13H2,1-2H3. The zero-order chi connectivity index (χ0) is 20.0. The number of carbonyl (C=O) groups is 1. The number of unbranched alkanes of at least 4 members (excludes halogenated alkanes) is 6. The average molecular weight is 380 g/mol. The fourth-order valence-electron chi connectivity index (χ4n) is 3.13. The highest BCUT2D eigenvalue weighted by atomic mass is 16.5. The summed E-state index contributed by atoms with van der Waals surface area (Å²) >= 11 is 0. The number of nitrogens with zero attached hydrogens (tertiary/aromatic N) is 1. The van der Waals surface area contributed by atoms with E-state index in [1.807, 2.05) is 48.7 Å². The Labute approximate surface area is 169 Å². The summed E-state index contributed by atoms with van der Waals surface area (Å²) in [5, 5.41) is 0. The molecule has 0 saturated heterocycles. The van der Waals surface area contributed by atoms with Gasteiger partial charge in [-0.15, -0.1) is 0 Å². The van der Waals surface area contributed by atoms with Crippen LogP contribution in [0.5, 0.6) is 5.88 Å². The number of benzene rings is 1. The van der Waals surface area contributed by atoms with E-state index in [9.17, 15) is 4.79 Å². The summed E-state index contributed by atoms with van der Waals surface area (Å²) in [6, 6.07) is 13.9. The SMILES string of the molecule is CCCCCCCCCc1ccc(OC(=O)C=CC(C)c2ccccc2)nc1. The van der Waals surface area contributed by atoms with Gasteiger partial charge >= 0.3 is 5.97 Å². The van der Waals surface area contributed by atoms with Crippen LogP contribution in [0, 0.1) is 0 Å². The molecular weight excluding hydrogens is 346 g/mol. The zero-order valence-electron chi connectivity index (χ0n) is 17.3. The summed E-state index contributed by atoms with van der Waals surface area (Å²) in [7, 11) is 0. The van der Waals surface area contributed by atoms with Crippen LogP contribution in [-0.2, 0) is 11.2 Å². The number of allylic oxidation sites excluding steroid dienone is 1. The molecule has 1 heterocycles. The van der Waals surface area contributed by atoms with E-state index in [-0.39, 0.29) is 5.92 Å². The number of ether oxygens (including phenoxy) is 1. The van der Waals surface area contributed by atoms with E-state index < -0.39 is 5.97 Å². The predicted molar refractivity (Wildman–Crippen MR) is 116 cm³/mol. The van der Waals surface area contributed by atoms with Gasteiger partial charge in [0.05, 0.1) is 0 Å². The van der Waals surface area contributed by atoms with Crippen LogP contribution < -0.4 is 4.74 Å². The Morgan fingerprint density at radius 2 is 1.71 bits per heavy atom. The van der Waals surface area contributed by atoms with Gasteiger partial charge in [0.15, 0.2) is 0 Å². The van der Waals surface area contributed by atoms with Gasteiger partial charge in [0, 0.05) is 18.3 Å².